The van der Waals surface area contributed by atoms with E-state index in [1.807, 2.05) is 12.2 Å². The van der Waals surface area contributed by atoms with E-state index in [0.717, 1.165) is 0 Å². The third kappa shape index (κ3) is 10.3. The molecule has 0 amide bonds. The summed E-state index contributed by atoms with van der Waals surface area (Å²) in [5.41, 5.74) is 0.398. The maximum atomic E-state index is 12.2. The lowest BCUT2D eigenvalue weighted by Gasteiger charge is -2.19. The minimum absolute atomic E-state index is 0.0213. The predicted octanol–water partition coefficient (Wildman–Crippen LogP) is 4.42. The summed E-state index contributed by atoms with van der Waals surface area (Å²) in [5.74, 6) is -0.237. The monoisotopic (exact) mass is 575 g/mol. The van der Waals surface area contributed by atoms with Crippen LogP contribution in [-0.2, 0) is 16.2 Å². The zero-order valence-corrected chi connectivity index (χ0v) is 22.6. The summed E-state index contributed by atoms with van der Waals surface area (Å²) in [4.78, 5) is 27.0. The Labute approximate surface area is 237 Å². The molecule has 1 saturated carbocycles. The largest absolute Gasteiger partial charge is 0.491 e. The molecular weight excluding hydrogens is 542 g/mol. The number of para-hydroxylation sites is 1. The van der Waals surface area contributed by atoms with E-state index in [9.17, 15) is 30.2 Å². The molecule has 1 fully saturated rings. The summed E-state index contributed by atoms with van der Waals surface area (Å²) in [5, 5.41) is 41.2. The number of carbonyl (C=O) groups excluding carboxylic acids is 1. The molecule has 10 nitrogen and oxygen atoms in total. The fourth-order valence-corrected chi connectivity index (χ4v) is 4.69. The van der Waals surface area contributed by atoms with E-state index in [0.29, 0.717) is 35.6 Å². The molecule has 0 spiro atoms. The number of rotatable bonds is 15. The van der Waals surface area contributed by atoms with Crippen LogP contribution in [0.15, 0.2) is 72.8 Å². The van der Waals surface area contributed by atoms with Gasteiger partial charge < -0.3 is 29.6 Å². The molecule has 0 bridgehead atoms. The molecule has 5 atom stereocenters. The number of hydrogen-bond donors (Lipinski definition) is 3. The van der Waals surface area contributed by atoms with E-state index < -0.39 is 29.4 Å². The molecule has 216 valence electrons. The number of aliphatic hydroxyl groups excluding tert-OH is 3. The minimum atomic E-state index is -0.906. The second-order valence-corrected chi connectivity index (χ2v) is 9.95. The van der Waals surface area contributed by atoms with Crippen LogP contribution < -0.4 is 9.47 Å². The highest BCUT2D eigenvalue weighted by atomic mass is 35.5. The lowest BCUT2D eigenvalue weighted by Crippen LogP contribution is -2.21. The van der Waals surface area contributed by atoms with Crippen LogP contribution in [0.4, 0.5) is 0 Å². The first-order chi connectivity index (χ1) is 19.2. The van der Waals surface area contributed by atoms with Gasteiger partial charge in [-0.2, -0.15) is 0 Å². The van der Waals surface area contributed by atoms with Crippen molar-refractivity contribution < 1.29 is 39.5 Å². The lowest BCUT2D eigenvalue weighted by atomic mass is 9.89. The summed E-state index contributed by atoms with van der Waals surface area (Å²) >= 11 is 5.93. The van der Waals surface area contributed by atoms with Gasteiger partial charge in [0.15, 0.2) is 0 Å². The van der Waals surface area contributed by atoms with Crippen molar-refractivity contribution >= 4 is 17.6 Å². The van der Waals surface area contributed by atoms with Crippen molar-refractivity contribution in [3.63, 3.8) is 0 Å². The van der Waals surface area contributed by atoms with Crippen LogP contribution in [0, 0.1) is 22.0 Å². The van der Waals surface area contributed by atoms with Crippen molar-refractivity contribution in [2.75, 3.05) is 6.61 Å². The number of carbonyl (C=O) groups is 1. The topological polar surface area (TPSA) is 149 Å². The Balaban J connectivity index is 1.41. The van der Waals surface area contributed by atoms with E-state index in [4.69, 9.17) is 21.1 Å². The molecule has 2 aromatic carbocycles. The molecule has 0 heterocycles. The molecule has 1 aliphatic rings. The van der Waals surface area contributed by atoms with Crippen molar-refractivity contribution in [2.24, 2.45) is 11.8 Å². The van der Waals surface area contributed by atoms with Gasteiger partial charge in [0.25, 0.3) is 5.09 Å². The lowest BCUT2D eigenvalue weighted by molar-refractivity contribution is -0.763. The van der Waals surface area contributed by atoms with Gasteiger partial charge in [-0.3, -0.25) is 4.79 Å². The first kappa shape index (κ1) is 31.1. The Morgan fingerprint density at radius 3 is 2.73 bits per heavy atom. The molecule has 0 aromatic heterocycles. The zero-order chi connectivity index (χ0) is 28.9. The number of halogens is 1. The summed E-state index contributed by atoms with van der Waals surface area (Å²) in [7, 11) is 0. The van der Waals surface area contributed by atoms with Crippen molar-refractivity contribution in [2.45, 2.75) is 57.0 Å². The highest BCUT2D eigenvalue weighted by Crippen LogP contribution is 2.36. The molecule has 1 aliphatic carbocycles. The second kappa shape index (κ2) is 16.0. The average Bonchev–Trinajstić information content (AvgIpc) is 3.19. The summed E-state index contributed by atoms with van der Waals surface area (Å²) in [6.07, 6.45) is 6.90. The van der Waals surface area contributed by atoms with Crippen molar-refractivity contribution in [1.29, 1.82) is 0 Å². The smallest absolute Gasteiger partial charge is 0.311 e. The Bertz CT molecular complexity index is 1170. The van der Waals surface area contributed by atoms with Gasteiger partial charge in [-0.25, -0.2) is 0 Å². The molecule has 0 radical (unpaired) electrons. The molecule has 2 aromatic rings. The Morgan fingerprint density at radius 1 is 1.15 bits per heavy atom. The van der Waals surface area contributed by atoms with Gasteiger partial charge in [0.1, 0.15) is 30.8 Å². The van der Waals surface area contributed by atoms with Crippen LogP contribution in [-0.4, -0.2) is 51.3 Å². The first-order valence-corrected chi connectivity index (χ1v) is 13.4. The normalized spacial score (nSPS) is 21.5. The van der Waals surface area contributed by atoms with Crippen LogP contribution in [0.3, 0.4) is 0 Å². The number of allylic oxidation sites excluding steroid dienone is 2. The van der Waals surface area contributed by atoms with Crippen LogP contribution in [0.5, 0.6) is 11.5 Å². The number of benzene rings is 2. The third-order valence-corrected chi connectivity index (χ3v) is 6.77. The van der Waals surface area contributed by atoms with Crippen molar-refractivity contribution in [3.8, 4) is 11.5 Å². The molecule has 3 N–H and O–H groups in total. The molecule has 3 rings (SSSR count). The number of unbranched alkanes of at least 4 members (excludes halogenated alkanes) is 1. The quantitative estimate of drug-likeness (QED) is 0.0700. The maximum Gasteiger partial charge on any atom is 0.311 e. The fourth-order valence-electron chi connectivity index (χ4n) is 4.51. The average molecular weight is 576 g/mol. The standard InChI is InChI=1S/C29H34ClNO9/c30-21-9-7-10-23(16-21)38-19-22(32)14-15-25-24(26(33)17-27(25)34)11-3-1-2-4-13-29(35)40-28-12-6-5-8-20(28)18-39-31(36)37/h1,3,5-10,12,14-16,22,24-27,32-34H,2,4,11,13,17-19H2/b3-1-,15-14+/t22-,24-,25-,26+,27-/m1/s1. The van der Waals surface area contributed by atoms with Gasteiger partial charge in [0, 0.05) is 29.3 Å². The Morgan fingerprint density at radius 2 is 1.95 bits per heavy atom. The number of esters is 1. The Kier molecular flexibility index (Phi) is 12.4. The first-order valence-electron chi connectivity index (χ1n) is 13.0. The molecule has 0 saturated heterocycles. The van der Waals surface area contributed by atoms with Crippen molar-refractivity contribution in [1.82, 2.24) is 0 Å². The van der Waals surface area contributed by atoms with Gasteiger partial charge in [-0.15, -0.1) is 10.1 Å². The number of nitrogens with zero attached hydrogens (tertiary/aromatic N) is 1. The highest BCUT2D eigenvalue weighted by molar-refractivity contribution is 6.30. The van der Waals surface area contributed by atoms with E-state index >= 15 is 0 Å². The molecular formula is C29H34ClNO9. The SMILES string of the molecule is O=C(CCC/C=C\C[C@@H]1[C@@H](/C=C/[C@@H](O)COc2cccc(Cl)c2)[C@H](O)C[C@@H]1O)Oc1ccccc1CO[N+](=O)[O-]. The molecule has 40 heavy (non-hydrogen) atoms. The Hall–Kier alpha value is -3.44. The van der Waals surface area contributed by atoms with Crippen LogP contribution in [0.25, 0.3) is 0 Å². The number of aliphatic hydroxyl groups is 3. The van der Waals surface area contributed by atoms with Gasteiger partial charge in [0.05, 0.1) is 12.2 Å². The zero-order valence-electron chi connectivity index (χ0n) is 21.9. The van der Waals surface area contributed by atoms with Crippen LogP contribution in [0.1, 0.15) is 37.7 Å². The molecule has 0 aliphatic heterocycles. The fraction of sp³-hybridized carbons (Fsp3) is 0.414. The van der Waals surface area contributed by atoms with Gasteiger partial charge in [0.2, 0.25) is 0 Å². The highest BCUT2D eigenvalue weighted by Gasteiger charge is 2.39. The van der Waals surface area contributed by atoms with Gasteiger partial charge in [-0.05, 0) is 49.4 Å². The van der Waals surface area contributed by atoms with Gasteiger partial charge in [-0.1, -0.05) is 60.2 Å². The third-order valence-electron chi connectivity index (χ3n) is 6.54. The predicted molar refractivity (Wildman–Crippen MR) is 147 cm³/mol. The number of ether oxygens (including phenoxy) is 2. The number of hydrogen-bond acceptors (Lipinski definition) is 9. The van der Waals surface area contributed by atoms with E-state index in [2.05, 4.69) is 4.84 Å². The summed E-state index contributed by atoms with van der Waals surface area (Å²) in [6, 6.07) is 13.3. The molecule has 11 heteroatoms. The van der Waals surface area contributed by atoms with Crippen LogP contribution >= 0.6 is 11.6 Å². The van der Waals surface area contributed by atoms with E-state index in [-0.39, 0.29) is 43.6 Å². The van der Waals surface area contributed by atoms with Gasteiger partial charge >= 0.3 is 5.97 Å². The molecule has 0 unspecified atom stereocenters. The van der Waals surface area contributed by atoms with Crippen molar-refractivity contribution in [3.05, 3.63) is 93.5 Å². The van der Waals surface area contributed by atoms with E-state index in [1.54, 1.807) is 60.7 Å². The van der Waals surface area contributed by atoms with Crippen LogP contribution in [0.2, 0.25) is 5.02 Å². The minimum Gasteiger partial charge on any atom is -0.491 e. The second-order valence-electron chi connectivity index (χ2n) is 9.51. The maximum absolute atomic E-state index is 12.2. The summed E-state index contributed by atoms with van der Waals surface area (Å²) in [6.45, 7) is -0.291. The van der Waals surface area contributed by atoms with E-state index in [1.165, 1.54) is 0 Å². The summed E-state index contributed by atoms with van der Waals surface area (Å²) < 4.78 is 10.9.